The van der Waals surface area contributed by atoms with Crippen molar-refractivity contribution >= 4 is 58.0 Å². The van der Waals surface area contributed by atoms with Gasteiger partial charge in [0, 0.05) is 36.4 Å². The number of piperidine rings is 2. The zero-order chi connectivity index (χ0) is 44.6. The molecule has 10 rings (SSSR count). The molecule has 3 aliphatic heterocycles. The molecule has 2 aromatic heterocycles. The number of nitrogens with one attached hydrogen (secondary N) is 4. The van der Waals surface area contributed by atoms with Gasteiger partial charge in [-0.25, -0.2) is 19.6 Å². The molecule has 64 heavy (non-hydrogen) atoms. The Morgan fingerprint density at radius 3 is 1.81 bits per heavy atom. The number of rotatable bonds is 11. The maximum atomic E-state index is 14.1. The number of amides is 4. The molecule has 5 fully saturated rings. The lowest BCUT2D eigenvalue weighted by molar-refractivity contribution is -0.138. The molecule has 4 amide bonds. The number of methoxy groups -OCH3 is 1. The molecule has 0 spiro atoms. The molecule has 17 heteroatoms. The number of carbonyl (C=O) groups is 4. The van der Waals surface area contributed by atoms with Gasteiger partial charge in [-0.15, -0.1) is 0 Å². The van der Waals surface area contributed by atoms with Gasteiger partial charge < -0.3 is 45.0 Å². The molecule has 8 atom stereocenters. The van der Waals surface area contributed by atoms with Crippen LogP contribution in [0.2, 0.25) is 10.3 Å². The van der Waals surface area contributed by atoms with Gasteiger partial charge in [0.1, 0.15) is 23.7 Å². The second-order valence-corrected chi connectivity index (χ2v) is 19.0. The van der Waals surface area contributed by atoms with Gasteiger partial charge in [0.15, 0.2) is 10.3 Å². The predicted molar refractivity (Wildman–Crippen MR) is 239 cm³/mol. The normalized spacial score (nSPS) is 24.6. The molecule has 3 saturated heterocycles. The molecular weight excluding hydrogens is 859 g/mol. The molecule has 2 saturated carbocycles. The average Bonchev–Trinajstić information content (AvgIpc) is 4.01. The van der Waals surface area contributed by atoms with Crippen molar-refractivity contribution in [3.63, 3.8) is 0 Å². The number of aromatic nitrogens is 4. The van der Waals surface area contributed by atoms with Crippen molar-refractivity contribution in [2.45, 2.75) is 88.6 Å². The van der Waals surface area contributed by atoms with E-state index >= 15 is 0 Å². The van der Waals surface area contributed by atoms with Gasteiger partial charge in [-0.05, 0) is 96.2 Å². The Hall–Kier alpha value is -5.64. The Balaban J connectivity index is 0.844. The molecule has 2 aliphatic carbocycles. The molecule has 5 aromatic rings. The van der Waals surface area contributed by atoms with Crippen LogP contribution in [0.15, 0.2) is 60.7 Å². The van der Waals surface area contributed by atoms with Crippen LogP contribution in [0.1, 0.15) is 76.1 Å². The Morgan fingerprint density at radius 1 is 0.734 bits per heavy atom. The highest BCUT2D eigenvalue weighted by Gasteiger charge is 2.58. The van der Waals surface area contributed by atoms with Gasteiger partial charge in [0.05, 0.1) is 30.6 Å². The smallest absolute Gasteiger partial charge is 0.407 e. The summed E-state index contributed by atoms with van der Waals surface area (Å²) in [5, 5.41) is 17.6. The highest BCUT2D eigenvalue weighted by atomic mass is 35.5. The van der Waals surface area contributed by atoms with Gasteiger partial charge in [-0.3, -0.25) is 9.59 Å². The zero-order valence-corrected chi connectivity index (χ0v) is 37.2. The van der Waals surface area contributed by atoms with E-state index in [2.05, 4.69) is 50.9 Å². The van der Waals surface area contributed by atoms with Crippen molar-refractivity contribution < 1.29 is 33.8 Å². The van der Waals surface area contributed by atoms with Crippen LogP contribution in [-0.2, 0) is 19.1 Å². The summed E-state index contributed by atoms with van der Waals surface area (Å²) >= 11 is 13.6. The molecule has 3 aromatic carbocycles. The summed E-state index contributed by atoms with van der Waals surface area (Å²) in [6.45, 7) is 4.80. The minimum Gasteiger partial charge on any atom is -0.465 e. The van der Waals surface area contributed by atoms with Crippen LogP contribution in [0.5, 0.6) is 0 Å². The van der Waals surface area contributed by atoms with E-state index in [-0.39, 0.29) is 47.8 Å². The molecule has 334 valence electrons. The van der Waals surface area contributed by atoms with E-state index in [1.807, 2.05) is 54.0 Å². The Labute approximate surface area is 379 Å². The summed E-state index contributed by atoms with van der Waals surface area (Å²) in [6, 6.07) is 18.5. The third-order valence-electron chi connectivity index (χ3n) is 14.0. The number of carbonyl (C=O) groups excluding carboxylic acids is 3. The fourth-order valence-electron chi connectivity index (χ4n) is 10.5. The second kappa shape index (κ2) is 16.7. The van der Waals surface area contributed by atoms with Crippen LogP contribution in [-0.4, -0.2) is 103 Å². The van der Waals surface area contributed by atoms with Crippen LogP contribution >= 0.6 is 23.2 Å². The summed E-state index contributed by atoms with van der Waals surface area (Å²) in [5.74, 6) is 1.34. The van der Waals surface area contributed by atoms with E-state index in [1.54, 1.807) is 0 Å². The van der Waals surface area contributed by atoms with Crippen molar-refractivity contribution in [1.82, 2.24) is 40.4 Å². The largest absolute Gasteiger partial charge is 0.465 e. The monoisotopic (exact) mass is 908 g/mol. The number of imidazole rings is 2. The maximum Gasteiger partial charge on any atom is 0.407 e. The number of likely N-dealkylation sites (tertiary alicyclic amines) is 2. The van der Waals surface area contributed by atoms with Crippen molar-refractivity contribution in [2.75, 3.05) is 20.3 Å². The van der Waals surface area contributed by atoms with Gasteiger partial charge in [-0.1, -0.05) is 85.6 Å². The highest BCUT2D eigenvalue weighted by molar-refractivity contribution is 6.32. The SMILES string of the molecule is COC(=O)N[C@H](C(=O)N1[C@@H]2C[C@H]2C[C@H]1c1nc(Cl)c(-c2ccc(-c3ccc4cc(-c5[nH]c([C@@H]6C[C@H]7C[C@H]7N6C(=O)[C@@H](NC(=O)O)C6CCOCC6)nc5Cl)ccc4c3)cc2)[nH]1)C(C)C. The van der Waals surface area contributed by atoms with E-state index in [9.17, 15) is 24.3 Å². The summed E-state index contributed by atoms with van der Waals surface area (Å²) in [7, 11) is 1.29. The van der Waals surface area contributed by atoms with Crippen LogP contribution in [0.4, 0.5) is 9.59 Å². The van der Waals surface area contributed by atoms with Crippen LogP contribution in [0.3, 0.4) is 0 Å². The fourth-order valence-corrected chi connectivity index (χ4v) is 11.0. The molecule has 0 bridgehead atoms. The first-order valence-corrected chi connectivity index (χ1v) is 22.8. The Bertz CT molecular complexity index is 2640. The lowest BCUT2D eigenvalue weighted by Crippen LogP contribution is -2.53. The topological polar surface area (TPSA) is 195 Å². The first kappa shape index (κ1) is 42.3. The van der Waals surface area contributed by atoms with E-state index in [0.29, 0.717) is 71.2 Å². The summed E-state index contributed by atoms with van der Waals surface area (Å²) in [5.41, 5.74) is 5.11. The van der Waals surface area contributed by atoms with E-state index in [0.717, 1.165) is 58.7 Å². The number of aromatic amines is 2. The number of ether oxygens (including phenoxy) is 2. The number of benzene rings is 3. The van der Waals surface area contributed by atoms with Crippen molar-refractivity contribution in [1.29, 1.82) is 0 Å². The maximum absolute atomic E-state index is 14.1. The first-order chi connectivity index (χ1) is 30.9. The van der Waals surface area contributed by atoms with Crippen molar-refractivity contribution in [3.8, 4) is 33.6 Å². The lowest BCUT2D eigenvalue weighted by atomic mass is 9.90. The van der Waals surface area contributed by atoms with Gasteiger partial charge in [0.25, 0.3) is 0 Å². The number of nitrogens with zero attached hydrogens (tertiary/aromatic N) is 4. The van der Waals surface area contributed by atoms with Crippen LogP contribution in [0.25, 0.3) is 44.4 Å². The third-order valence-corrected chi connectivity index (χ3v) is 14.6. The molecule has 0 unspecified atom stereocenters. The van der Waals surface area contributed by atoms with Crippen molar-refractivity contribution in [2.24, 2.45) is 23.7 Å². The van der Waals surface area contributed by atoms with Gasteiger partial charge in [0.2, 0.25) is 11.8 Å². The van der Waals surface area contributed by atoms with E-state index in [1.165, 1.54) is 7.11 Å². The number of carboxylic acid groups (broad SMARTS) is 1. The Kier molecular flexibility index (Phi) is 11.1. The third kappa shape index (κ3) is 7.85. The number of H-pyrrole nitrogens is 2. The molecule has 15 nitrogen and oxygen atoms in total. The lowest BCUT2D eigenvalue weighted by Gasteiger charge is -2.35. The van der Waals surface area contributed by atoms with Crippen LogP contribution in [0, 0.1) is 23.7 Å². The Morgan fingerprint density at radius 2 is 1.25 bits per heavy atom. The molecule has 5 aliphatic rings. The summed E-state index contributed by atoms with van der Waals surface area (Å²) in [6.07, 6.45) is 2.73. The zero-order valence-electron chi connectivity index (χ0n) is 35.6. The summed E-state index contributed by atoms with van der Waals surface area (Å²) in [4.78, 5) is 72.0. The molecular formula is C47H50Cl2N8O7. The number of alkyl carbamates (subject to hydrolysis) is 1. The fraction of sp³-hybridized carbons (Fsp3) is 0.447. The average molecular weight is 910 g/mol. The molecule has 5 heterocycles. The predicted octanol–water partition coefficient (Wildman–Crippen LogP) is 8.36. The number of halogens is 2. The minimum absolute atomic E-state index is 0.0600. The first-order valence-electron chi connectivity index (χ1n) is 22.1. The van der Waals surface area contributed by atoms with Crippen molar-refractivity contribution in [3.05, 3.63) is 82.6 Å². The highest BCUT2D eigenvalue weighted by Crippen LogP contribution is 2.55. The molecule has 0 radical (unpaired) electrons. The quantitative estimate of drug-likeness (QED) is 0.0866. The number of fused-ring (bicyclic) bond motifs is 3. The van der Waals surface area contributed by atoms with Crippen LogP contribution < -0.4 is 10.6 Å². The number of hydrogen-bond donors (Lipinski definition) is 5. The van der Waals surface area contributed by atoms with Gasteiger partial charge in [-0.2, -0.15) is 0 Å². The second-order valence-electron chi connectivity index (χ2n) is 18.3. The molecule has 5 N–H and O–H groups in total. The summed E-state index contributed by atoms with van der Waals surface area (Å²) < 4.78 is 10.3. The minimum atomic E-state index is -1.21. The van der Waals surface area contributed by atoms with E-state index in [4.69, 9.17) is 42.6 Å². The van der Waals surface area contributed by atoms with Gasteiger partial charge >= 0.3 is 12.2 Å². The number of hydrogen-bond acceptors (Lipinski definition) is 8. The standard InChI is InChI=1S/C47H50Cl2N8O7/c1-22(2)36(53-47(62)63-3)44(58)56-32-18-30(32)20-34(56)42-50-37(40(48)54-42)24-6-4-23(5-7-24)26-8-9-28-17-29(11-10-27(28)16-26)38-41(49)55-43(51-38)35-21-31-19-33(31)57(35)45(59)39(52-46(60)61)25-12-14-64-15-13-25/h4-11,16-17,22,25,30-36,39,52H,12-15,18-21H2,1-3H3,(H,50,54)(H,51,55)(H,53,62)(H,60,61)/t30-,31+,32+,33+,34-,35-,36-,39-/m0/s1. The van der Waals surface area contributed by atoms with E-state index < -0.39 is 24.3 Å².